The van der Waals surface area contributed by atoms with Crippen LogP contribution in [0, 0.1) is 0 Å². The Hall–Kier alpha value is -1.79. The minimum atomic E-state index is -1.10. The molecule has 2 N–H and O–H groups in total. The summed E-state index contributed by atoms with van der Waals surface area (Å²) in [5, 5.41) is 14.0. The number of amides is 1. The third-order valence-corrected chi connectivity index (χ3v) is 4.10. The van der Waals surface area contributed by atoms with E-state index in [1.54, 1.807) is 28.3 Å². The molecule has 0 saturated carbocycles. The highest BCUT2D eigenvalue weighted by atomic mass is 35.5. The molecule has 0 saturated heterocycles. The maximum absolute atomic E-state index is 12.3. The number of nitrogens with zero attached hydrogens (tertiary/aromatic N) is 1. The number of halogens is 1. The zero-order chi connectivity index (χ0) is 15.6. The molecule has 7 heteroatoms. The molecule has 0 aliphatic carbocycles. The van der Waals surface area contributed by atoms with Gasteiger partial charge in [0.15, 0.2) is 6.04 Å². The lowest BCUT2D eigenvalue weighted by Crippen LogP contribution is -2.34. The lowest BCUT2D eigenvalue weighted by molar-refractivity contribution is -0.139. The van der Waals surface area contributed by atoms with E-state index in [9.17, 15) is 14.7 Å². The molecule has 0 fully saturated rings. The molecule has 0 bridgehead atoms. The van der Waals surface area contributed by atoms with Crippen LogP contribution in [0.5, 0.6) is 0 Å². The van der Waals surface area contributed by atoms with Crippen molar-refractivity contribution in [3.63, 3.8) is 0 Å². The molecule has 2 rings (SSSR count). The van der Waals surface area contributed by atoms with Crippen LogP contribution in [0.2, 0.25) is 5.02 Å². The summed E-state index contributed by atoms with van der Waals surface area (Å²) in [6.45, 7) is 3.84. The Kier molecular flexibility index (Phi) is 4.69. The summed E-state index contributed by atoms with van der Waals surface area (Å²) in [7, 11) is 0. The minimum Gasteiger partial charge on any atom is -0.479 e. The van der Waals surface area contributed by atoms with Gasteiger partial charge >= 0.3 is 5.97 Å². The quantitative estimate of drug-likeness (QED) is 0.885. The fourth-order valence-corrected chi connectivity index (χ4v) is 2.95. The van der Waals surface area contributed by atoms with Crippen molar-refractivity contribution in [2.45, 2.75) is 25.9 Å². The summed E-state index contributed by atoms with van der Waals surface area (Å²) in [5.41, 5.74) is 0.345. The molecule has 1 amide bonds. The van der Waals surface area contributed by atoms with Gasteiger partial charge in [-0.05, 0) is 31.4 Å². The van der Waals surface area contributed by atoms with Crippen LogP contribution in [0.1, 0.15) is 41.3 Å². The highest BCUT2D eigenvalue weighted by Gasteiger charge is 2.25. The predicted molar refractivity (Wildman–Crippen MR) is 82.0 cm³/mol. The molecule has 2 aromatic heterocycles. The van der Waals surface area contributed by atoms with Gasteiger partial charge in [-0.1, -0.05) is 17.7 Å². The van der Waals surface area contributed by atoms with Gasteiger partial charge in [-0.15, -0.1) is 11.3 Å². The van der Waals surface area contributed by atoms with Gasteiger partial charge in [-0.2, -0.15) is 0 Å². The normalized spacial score (nSPS) is 12.4. The number of carboxylic acid groups (broad SMARTS) is 1. The maximum Gasteiger partial charge on any atom is 0.331 e. The molecule has 21 heavy (non-hydrogen) atoms. The molecule has 112 valence electrons. The van der Waals surface area contributed by atoms with Crippen molar-refractivity contribution >= 4 is 34.8 Å². The number of hydrogen-bond donors (Lipinski definition) is 2. The van der Waals surface area contributed by atoms with Crippen molar-refractivity contribution in [1.82, 2.24) is 9.88 Å². The van der Waals surface area contributed by atoms with Crippen molar-refractivity contribution in [3.05, 3.63) is 45.4 Å². The van der Waals surface area contributed by atoms with Crippen molar-refractivity contribution in [3.8, 4) is 0 Å². The Bertz CT molecular complexity index is 649. The fourth-order valence-electron chi connectivity index (χ4n) is 1.97. The first-order valence-corrected chi connectivity index (χ1v) is 7.60. The number of carbonyl (C=O) groups is 2. The molecule has 2 heterocycles. The summed E-state index contributed by atoms with van der Waals surface area (Å²) in [6.07, 6.45) is 1.65. The number of thiophene rings is 1. The average molecular weight is 327 g/mol. The summed E-state index contributed by atoms with van der Waals surface area (Å²) in [4.78, 5) is 24.3. The first-order chi connectivity index (χ1) is 9.90. The molecule has 5 nitrogen and oxygen atoms in total. The Morgan fingerprint density at radius 2 is 2.14 bits per heavy atom. The van der Waals surface area contributed by atoms with Gasteiger partial charge in [-0.3, -0.25) is 4.79 Å². The third-order valence-electron chi connectivity index (χ3n) is 2.95. The number of hydrogen-bond acceptors (Lipinski definition) is 3. The van der Waals surface area contributed by atoms with E-state index < -0.39 is 17.9 Å². The van der Waals surface area contributed by atoms with Crippen LogP contribution in [0.15, 0.2) is 29.8 Å². The van der Waals surface area contributed by atoms with E-state index in [4.69, 9.17) is 11.6 Å². The molecule has 0 aliphatic heterocycles. The van der Waals surface area contributed by atoms with Gasteiger partial charge in [0.25, 0.3) is 5.91 Å². The van der Waals surface area contributed by atoms with Gasteiger partial charge in [0.2, 0.25) is 0 Å². The Morgan fingerprint density at radius 1 is 1.43 bits per heavy atom. The number of nitrogens with one attached hydrogen (secondary N) is 1. The van der Waals surface area contributed by atoms with Crippen LogP contribution >= 0.6 is 22.9 Å². The lowest BCUT2D eigenvalue weighted by atomic mass is 10.2. The highest BCUT2D eigenvalue weighted by Crippen LogP contribution is 2.22. The first-order valence-electron chi connectivity index (χ1n) is 6.34. The molecule has 2 aromatic rings. The Balaban J connectivity index is 2.26. The van der Waals surface area contributed by atoms with E-state index in [2.05, 4.69) is 5.32 Å². The summed E-state index contributed by atoms with van der Waals surface area (Å²) in [5.74, 6) is -1.56. The van der Waals surface area contributed by atoms with Gasteiger partial charge in [0, 0.05) is 17.1 Å². The van der Waals surface area contributed by atoms with Crippen LogP contribution in [0.25, 0.3) is 0 Å². The van der Waals surface area contributed by atoms with Crippen molar-refractivity contribution in [2.75, 3.05) is 0 Å². The topological polar surface area (TPSA) is 71.3 Å². The second-order valence-corrected chi connectivity index (χ2v) is 6.22. The fraction of sp³-hybridized carbons (Fsp3) is 0.286. The zero-order valence-corrected chi connectivity index (χ0v) is 13.1. The molecule has 0 spiro atoms. The number of aliphatic carboxylic acids is 1. The highest BCUT2D eigenvalue weighted by molar-refractivity contribution is 7.10. The van der Waals surface area contributed by atoms with E-state index in [0.29, 0.717) is 15.6 Å². The van der Waals surface area contributed by atoms with Crippen LogP contribution < -0.4 is 5.32 Å². The largest absolute Gasteiger partial charge is 0.479 e. The minimum absolute atomic E-state index is 0.0447. The molecular formula is C14H15ClN2O3S. The van der Waals surface area contributed by atoms with E-state index in [0.717, 1.165) is 0 Å². The van der Waals surface area contributed by atoms with Crippen molar-refractivity contribution in [1.29, 1.82) is 0 Å². The van der Waals surface area contributed by atoms with E-state index in [1.165, 1.54) is 17.4 Å². The number of carbonyl (C=O) groups excluding carboxylic acids is 1. The summed E-state index contributed by atoms with van der Waals surface area (Å²) in [6, 6.07) is 3.94. The van der Waals surface area contributed by atoms with Crippen LogP contribution in [0.4, 0.5) is 0 Å². The SMILES string of the molecule is CC(C)n1cc(Cl)cc1C(=O)NC(C(=O)O)c1cccs1. The standard InChI is InChI=1S/C14H15ClN2O3S/c1-8(2)17-7-9(15)6-10(17)13(18)16-12(14(19)20)11-4-3-5-21-11/h3-8,12H,1-2H3,(H,16,18)(H,19,20). The summed E-state index contributed by atoms with van der Waals surface area (Å²) < 4.78 is 1.71. The second kappa shape index (κ2) is 6.32. The number of carboxylic acids is 1. The average Bonchev–Trinajstić information content (AvgIpc) is 3.04. The predicted octanol–water partition coefficient (Wildman–Crippen LogP) is 3.34. The van der Waals surface area contributed by atoms with Crippen LogP contribution in [0.3, 0.4) is 0 Å². The van der Waals surface area contributed by atoms with Gasteiger partial charge < -0.3 is 15.0 Å². The third kappa shape index (κ3) is 3.46. The van der Waals surface area contributed by atoms with Crippen molar-refractivity contribution < 1.29 is 14.7 Å². The first kappa shape index (κ1) is 15.6. The zero-order valence-electron chi connectivity index (χ0n) is 11.5. The molecule has 0 radical (unpaired) electrons. The molecule has 1 atom stereocenters. The monoisotopic (exact) mass is 326 g/mol. The molecular weight excluding hydrogens is 312 g/mol. The van der Waals surface area contributed by atoms with Crippen LogP contribution in [-0.4, -0.2) is 21.6 Å². The summed E-state index contributed by atoms with van der Waals surface area (Å²) >= 11 is 7.22. The molecule has 0 aromatic carbocycles. The molecule has 1 unspecified atom stereocenters. The second-order valence-electron chi connectivity index (χ2n) is 4.80. The van der Waals surface area contributed by atoms with Gasteiger partial charge in [-0.25, -0.2) is 4.79 Å². The van der Waals surface area contributed by atoms with Gasteiger partial charge in [0.05, 0.1) is 5.02 Å². The lowest BCUT2D eigenvalue weighted by Gasteiger charge is -2.16. The number of rotatable bonds is 5. The van der Waals surface area contributed by atoms with E-state index in [-0.39, 0.29) is 6.04 Å². The Labute approximate surface area is 131 Å². The number of aromatic nitrogens is 1. The smallest absolute Gasteiger partial charge is 0.331 e. The van der Waals surface area contributed by atoms with E-state index in [1.807, 2.05) is 13.8 Å². The van der Waals surface area contributed by atoms with E-state index >= 15 is 0 Å². The Morgan fingerprint density at radius 3 is 2.67 bits per heavy atom. The van der Waals surface area contributed by atoms with Crippen molar-refractivity contribution in [2.24, 2.45) is 0 Å². The molecule has 0 aliphatic rings. The maximum atomic E-state index is 12.3. The van der Waals surface area contributed by atoms with Crippen LogP contribution in [-0.2, 0) is 4.79 Å². The van der Waals surface area contributed by atoms with Gasteiger partial charge in [0.1, 0.15) is 5.69 Å².